The molecule has 0 atom stereocenters. The zero-order chi connectivity index (χ0) is 18.4. The molecule has 2 aliphatic carbocycles. The maximum absolute atomic E-state index is 11.3. The number of aromatic nitrogens is 3. The number of carbonyl (C=O) groups is 1. The summed E-state index contributed by atoms with van der Waals surface area (Å²) in [6, 6.07) is 12.0. The van der Waals surface area contributed by atoms with Crippen molar-refractivity contribution < 1.29 is 9.90 Å². The summed E-state index contributed by atoms with van der Waals surface area (Å²) < 4.78 is 2.37. The minimum atomic E-state index is -0.896. The molecule has 2 fully saturated rings. The molecule has 0 unspecified atom stereocenters. The van der Waals surface area contributed by atoms with Gasteiger partial charge in [-0.3, -0.25) is 0 Å². The normalized spacial score (nSPS) is 18.2. The van der Waals surface area contributed by atoms with Crippen LogP contribution in [0.1, 0.15) is 70.6 Å². The van der Waals surface area contributed by atoms with Crippen molar-refractivity contribution in [2.75, 3.05) is 0 Å². The number of benzene rings is 1. The topological polar surface area (TPSA) is 68.0 Å². The molecule has 6 heteroatoms. The molecular formula is C21H21N3O2S. The Morgan fingerprint density at radius 1 is 1.22 bits per heavy atom. The number of aromatic carboxylic acids is 1. The lowest BCUT2D eigenvalue weighted by Gasteiger charge is -2.40. The van der Waals surface area contributed by atoms with E-state index in [0.29, 0.717) is 18.0 Å². The number of hydrogen-bond acceptors (Lipinski definition) is 4. The standard InChI is InChI=1S/C21H21N3O2S/c25-19(26)15-5-1-4-14(12-15)13-18-22-23-20(24(18)16-7-8-16)21(9-3-10-21)17-6-2-11-27-17/h1-2,4-6,11-12,16H,3,7-10,13H2,(H,25,26). The lowest BCUT2D eigenvalue weighted by Crippen LogP contribution is -2.37. The van der Waals surface area contributed by atoms with Gasteiger partial charge < -0.3 is 9.67 Å². The van der Waals surface area contributed by atoms with Gasteiger partial charge in [-0.2, -0.15) is 0 Å². The predicted octanol–water partition coefficient (Wildman–Crippen LogP) is 4.43. The first-order valence-electron chi connectivity index (χ1n) is 9.48. The molecule has 1 N–H and O–H groups in total. The van der Waals surface area contributed by atoms with E-state index in [1.807, 2.05) is 17.4 Å². The Hall–Kier alpha value is -2.47. The summed E-state index contributed by atoms with van der Waals surface area (Å²) in [5.74, 6) is 1.17. The zero-order valence-electron chi connectivity index (χ0n) is 15.0. The molecule has 0 spiro atoms. The van der Waals surface area contributed by atoms with Crippen LogP contribution in [-0.4, -0.2) is 25.8 Å². The first kappa shape index (κ1) is 16.7. The average molecular weight is 379 g/mol. The second-order valence-electron chi connectivity index (χ2n) is 7.64. The van der Waals surface area contributed by atoms with E-state index >= 15 is 0 Å². The van der Waals surface area contributed by atoms with Gasteiger partial charge in [0, 0.05) is 17.3 Å². The summed E-state index contributed by atoms with van der Waals surface area (Å²) in [5, 5.41) is 20.7. The molecule has 0 aliphatic heterocycles. The summed E-state index contributed by atoms with van der Waals surface area (Å²) in [6.07, 6.45) is 6.46. The van der Waals surface area contributed by atoms with Crippen molar-refractivity contribution in [1.29, 1.82) is 0 Å². The van der Waals surface area contributed by atoms with Gasteiger partial charge in [-0.05, 0) is 54.8 Å². The second kappa shape index (κ2) is 6.30. The van der Waals surface area contributed by atoms with Crippen molar-refractivity contribution in [3.8, 4) is 0 Å². The van der Waals surface area contributed by atoms with Gasteiger partial charge in [0.25, 0.3) is 0 Å². The molecule has 3 aromatic rings. The van der Waals surface area contributed by atoms with Crippen molar-refractivity contribution in [2.24, 2.45) is 0 Å². The third-order valence-electron chi connectivity index (χ3n) is 5.84. The van der Waals surface area contributed by atoms with Crippen molar-refractivity contribution in [3.63, 3.8) is 0 Å². The molecule has 2 heterocycles. The average Bonchev–Trinajstić information content (AvgIpc) is 3.15. The van der Waals surface area contributed by atoms with Gasteiger partial charge in [0.15, 0.2) is 0 Å². The van der Waals surface area contributed by atoms with Crippen LogP contribution in [0.15, 0.2) is 41.8 Å². The summed E-state index contributed by atoms with van der Waals surface area (Å²) in [7, 11) is 0. The van der Waals surface area contributed by atoms with E-state index in [9.17, 15) is 9.90 Å². The number of nitrogens with zero attached hydrogens (tertiary/aromatic N) is 3. The van der Waals surface area contributed by atoms with Gasteiger partial charge in [0.2, 0.25) is 0 Å². The van der Waals surface area contributed by atoms with Gasteiger partial charge in [-0.1, -0.05) is 24.6 Å². The SMILES string of the molecule is O=C(O)c1cccc(Cc2nnc(C3(c4cccs4)CCC3)n2C2CC2)c1. The summed E-state index contributed by atoms with van der Waals surface area (Å²) in [4.78, 5) is 12.7. The highest BCUT2D eigenvalue weighted by Gasteiger charge is 2.47. The molecule has 0 bridgehead atoms. The minimum Gasteiger partial charge on any atom is -0.478 e. The first-order chi connectivity index (χ1) is 13.2. The van der Waals surface area contributed by atoms with Gasteiger partial charge in [0.05, 0.1) is 11.0 Å². The lowest BCUT2D eigenvalue weighted by atomic mass is 9.67. The van der Waals surface area contributed by atoms with Crippen LogP contribution in [-0.2, 0) is 11.8 Å². The summed E-state index contributed by atoms with van der Waals surface area (Å²) >= 11 is 1.81. The third kappa shape index (κ3) is 2.79. The molecule has 2 saturated carbocycles. The van der Waals surface area contributed by atoms with E-state index < -0.39 is 5.97 Å². The number of carboxylic acids is 1. The lowest BCUT2D eigenvalue weighted by molar-refractivity contribution is 0.0696. The van der Waals surface area contributed by atoms with Crippen molar-refractivity contribution in [2.45, 2.75) is 50.0 Å². The van der Waals surface area contributed by atoms with Crippen LogP contribution in [0.25, 0.3) is 0 Å². The highest BCUT2D eigenvalue weighted by molar-refractivity contribution is 7.10. The molecule has 2 aromatic heterocycles. The molecule has 5 nitrogen and oxygen atoms in total. The molecule has 27 heavy (non-hydrogen) atoms. The zero-order valence-corrected chi connectivity index (χ0v) is 15.8. The van der Waals surface area contributed by atoms with Gasteiger partial charge in [-0.15, -0.1) is 21.5 Å². The Labute approximate surface area is 161 Å². The highest BCUT2D eigenvalue weighted by Crippen LogP contribution is 2.52. The summed E-state index contributed by atoms with van der Waals surface area (Å²) in [6.45, 7) is 0. The first-order valence-corrected chi connectivity index (χ1v) is 10.4. The van der Waals surface area contributed by atoms with Crippen LogP contribution >= 0.6 is 11.3 Å². The van der Waals surface area contributed by atoms with Crippen LogP contribution in [0.2, 0.25) is 0 Å². The van der Waals surface area contributed by atoms with Crippen LogP contribution in [0.4, 0.5) is 0 Å². The Kier molecular flexibility index (Phi) is 3.90. The molecule has 138 valence electrons. The van der Waals surface area contributed by atoms with Crippen LogP contribution < -0.4 is 0 Å². The fourth-order valence-corrected chi connectivity index (χ4v) is 5.13. The van der Waals surface area contributed by atoms with Crippen LogP contribution in [0, 0.1) is 0 Å². The Morgan fingerprint density at radius 2 is 2.07 bits per heavy atom. The van der Waals surface area contributed by atoms with Crippen molar-refractivity contribution >= 4 is 17.3 Å². The van der Waals surface area contributed by atoms with Crippen molar-refractivity contribution in [3.05, 3.63) is 69.4 Å². The number of rotatable bonds is 6. The minimum absolute atomic E-state index is 0.0188. The van der Waals surface area contributed by atoms with Crippen LogP contribution in [0.3, 0.4) is 0 Å². The van der Waals surface area contributed by atoms with E-state index in [1.54, 1.807) is 18.2 Å². The van der Waals surface area contributed by atoms with Crippen molar-refractivity contribution in [1.82, 2.24) is 14.8 Å². The monoisotopic (exact) mass is 379 g/mol. The maximum Gasteiger partial charge on any atom is 0.335 e. The fraction of sp³-hybridized carbons (Fsp3) is 0.381. The van der Waals surface area contributed by atoms with Crippen LogP contribution in [0.5, 0.6) is 0 Å². The molecular weight excluding hydrogens is 358 g/mol. The molecule has 1 aromatic carbocycles. The van der Waals surface area contributed by atoms with E-state index in [-0.39, 0.29) is 5.41 Å². The number of hydrogen-bond donors (Lipinski definition) is 1. The van der Waals surface area contributed by atoms with E-state index in [4.69, 9.17) is 0 Å². The number of thiophene rings is 1. The molecule has 0 saturated heterocycles. The van der Waals surface area contributed by atoms with E-state index in [0.717, 1.165) is 30.1 Å². The number of carboxylic acid groups (broad SMARTS) is 1. The highest BCUT2D eigenvalue weighted by atomic mass is 32.1. The van der Waals surface area contributed by atoms with E-state index in [2.05, 4.69) is 32.3 Å². The largest absolute Gasteiger partial charge is 0.478 e. The Bertz CT molecular complexity index is 985. The molecule has 2 aliphatic rings. The third-order valence-corrected chi connectivity index (χ3v) is 6.92. The summed E-state index contributed by atoms with van der Waals surface area (Å²) in [5.41, 5.74) is 1.30. The molecule has 0 radical (unpaired) electrons. The van der Waals surface area contributed by atoms with Gasteiger partial charge in [0.1, 0.15) is 11.6 Å². The maximum atomic E-state index is 11.3. The Balaban J connectivity index is 1.54. The Morgan fingerprint density at radius 3 is 2.70 bits per heavy atom. The second-order valence-corrected chi connectivity index (χ2v) is 8.58. The quantitative estimate of drug-likeness (QED) is 0.688. The van der Waals surface area contributed by atoms with Gasteiger partial charge >= 0.3 is 5.97 Å². The van der Waals surface area contributed by atoms with E-state index in [1.165, 1.54) is 24.1 Å². The molecule has 0 amide bonds. The molecule has 5 rings (SSSR count). The predicted molar refractivity (Wildman–Crippen MR) is 103 cm³/mol. The smallest absolute Gasteiger partial charge is 0.335 e. The fourth-order valence-electron chi connectivity index (χ4n) is 4.15. The van der Waals surface area contributed by atoms with Gasteiger partial charge in [-0.25, -0.2) is 4.79 Å².